The van der Waals surface area contributed by atoms with Crippen molar-refractivity contribution < 1.29 is 21.3 Å². The molecule has 0 fully saturated rings. The second kappa shape index (κ2) is 15.3. The third-order valence-electron chi connectivity index (χ3n) is 4.47. The number of allylic oxidation sites excluding steroid dienone is 6. The zero-order valence-corrected chi connectivity index (χ0v) is 31.8. The molecular weight excluding hydrogens is 575 g/mol. The topological polar surface area (TPSA) is 0 Å². The third-order valence-corrected chi connectivity index (χ3v) is 16.8. The van der Waals surface area contributed by atoms with Gasteiger partial charge in [0.05, 0.1) is 0 Å². The molecular formula is C25H54Cl2Si4Zr. The molecule has 0 aliphatic carbocycles. The van der Waals surface area contributed by atoms with Gasteiger partial charge in [-0.3, -0.25) is 0 Å². The van der Waals surface area contributed by atoms with Crippen LogP contribution in [0.5, 0.6) is 0 Å². The first-order valence-electron chi connectivity index (χ1n) is 11.7. The van der Waals surface area contributed by atoms with E-state index in [-0.39, 0.29) is 24.8 Å². The summed E-state index contributed by atoms with van der Waals surface area (Å²) in [6.07, 6.45) is 10.5. The summed E-state index contributed by atoms with van der Waals surface area (Å²) >= 11 is -2.07. The fourth-order valence-corrected chi connectivity index (χ4v) is 14.0. The summed E-state index contributed by atoms with van der Waals surface area (Å²) in [5.74, 6) is 0. The summed E-state index contributed by atoms with van der Waals surface area (Å²) in [6, 6.07) is 2.60. The molecule has 0 N–H and O–H groups in total. The molecule has 0 aromatic carbocycles. The fourth-order valence-electron chi connectivity index (χ4n) is 2.76. The van der Waals surface area contributed by atoms with Crippen LogP contribution in [0.1, 0.15) is 13.8 Å². The van der Waals surface area contributed by atoms with Gasteiger partial charge in [-0.2, -0.15) is 0 Å². The molecule has 0 nitrogen and oxygen atoms in total. The second-order valence-electron chi connectivity index (χ2n) is 13.6. The first-order valence-corrected chi connectivity index (χ1v) is 29.9. The number of hydrogen-bond acceptors (Lipinski definition) is 0. The van der Waals surface area contributed by atoms with Crippen LogP contribution in [-0.4, -0.2) is 35.5 Å². The molecule has 0 aromatic rings. The van der Waals surface area contributed by atoms with E-state index in [1.54, 1.807) is 9.77 Å². The monoisotopic (exact) mass is 626 g/mol. The second-order valence-corrected chi connectivity index (χ2v) is 42.0. The normalized spacial score (nSPS) is 14.4. The van der Waals surface area contributed by atoms with E-state index in [0.29, 0.717) is 0 Å². The Morgan fingerprint density at radius 3 is 1.03 bits per heavy atom. The van der Waals surface area contributed by atoms with Gasteiger partial charge in [0.2, 0.25) is 0 Å². The van der Waals surface area contributed by atoms with Gasteiger partial charge in [-0.25, -0.2) is 0 Å². The summed E-state index contributed by atoms with van der Waals surface area (Å²) in [6.45, 7) is 34.6. The molecule has 7 heteroatoms. The van der Waals surface area contributed by atoms with Crippen molar-refractivity contribution in [3.8, 4) is 0 Å². The molecule has 0 bridgehead atoms. The molecule has 0 atom stereocenters. The Morgan fingerprint density at radius 2 is 0.844 bits per heavy atom. The van der Waals surface area contributed by atoms with Crippen molar-refractivity contribution in [1.82, 2.24) is 0 Å². The van der Waals surface area contributed by atoms with Crippen LogP contribution in [0.4, 0.5) is 0 Å². The van der Waals surface area contributed by atoms with Gasteiger partial charge in [-0.1, -0.05) is 0 Å². The number of rotatable bonds is 10. The van der Waals surface area contributed by atoms with Crippen LogP contribution in [0.2, 0.25) is 90.7 Å². The predicted molar refractivity (Wildman–Crippen MR) is 168 cm³/mol. The van der Waals surface area contributed by atoms with E-state index < -0.39 is 53.6 Å². The van der Waals surface area contributed by atoms with E-state index in [4.69, 9.17) is 0 Å². The Kier molecular flexibility index (Phi) is 18.0. The van der Waals surface area contributed by atoms with Crippen LogP contribution in [-0.2, 0) is 21.3 Å². The Hall–Kier alpha value is 1.16. The molecule has 0 saturated heterocycles. The molecule has 0 saturated carbocycles. The van der Waals surface area contributed by atoms with Crippen LogP contribution in [0.3, 0.4) is 0 Å². The molecule has 0 aliphatic rings. The molecule has 0 heterocycles. The molecule has 0 aromatic heterocycles. The average Bonchev–Trinajstić information content (AvgIpc) is 2.47. The molecule has 0 radical (unpaired) electrons. The Labute approximate surface area is 226 Å². The summed E-state index contributed by atoms with van der Waals surface area (Å²) in [7, 11) is -4.65. The first-order chi connectivity index (χ1) is 13.2. The zero-order chi connectivity index (χ0) is 24.0. The van der Waals surface area contributed by atoms with Gasteiger partial charge < -0.3 is 0 Å². The van der Waals surface area contributed by atoms with E-state index in [9.17, 15) is 0 Å². The van der Waals surface area contributed by atoms with E-state index in [0.717, 1.165) is 0 Å². The first kappa shape index (κ1) is 37.7. The van der Waals surface area contributed by atoms with Gasteiger partial charge in [0.1, 0.15) is 0 Å². The van der Waals surface area contributed by atoms with Crippen molar-refractivity contribution in [1.29, 1.82) is 0 Å². The third kappa shape index (κ3) is 20.5. The molecule has 0 amide bonds. The summed E-state index contributed by atoms with van der Waals surface area (Å²) in [4.78, 5) is 0. The van der Waals surface area contributed by atoms with Crippen molar-refractivity contribution >= 4 is 60.3 Å². The molecule has 0 unspecified atom stereocenters. The Morgan fingerprint density at radius 1 is 0.562 bits per heavy atom. The van der Waals surface area contributed by atoms with Gasteiger partial charge in [0.25, 0.3) is 0 Å². The Bertz CT molecular complexity index is 661. The summed E-state index contributed by atoms with van der Waals surface area (Å²) in [5, 5.41) is 0. The smallest absolute Gasteiger partial charge is 0.147 e. The quantitative estimate of drug-likeness (QED) is 0.167. The molecule has 0 aliphatic heterocycles. The van der Waals surface area contributed by atoms with Crippen molar-refractivity contribution in [3.63, 3.8) is 0 Å². The van der Waals surface area contributed by atoms with E-state index in [1.165, 1.54) is 12.1 Å². The maximum absolute atomic E-state index is 2.68. The minimum atomic E-state index is -2.07. The fraction of sp³-hybridized carbons (Fsp3) is 0.640. The average molecular weight is 629 g/mol. The zero-order valence-electron chi connectivity index (χ0n) is 23.7. The molecule has 32 heavy (non-hydrogen) atoms. The van der Waals surface area contributed by atoms with Crippen molar-refractivity contribution in [3.05, 3.63) is 42.3 Å². The summed E-state index contributed by atoms with van der Waals surface area (Å²) in [5.41, 5.74) is 5.18. The predicted octanol–water partition coefficient (Wildman–Crippen LogP) is 9.97. The van der Waals surface area contributed by atoms with Crippen molar-refractivity contribution in [2.75, 3.05) is 0 Å². The van der Waals surface area contributed by atoms with Gasteiger partial charge in [-0.05, 0) is 0 Å². The maximum atomic E-state index is 2.68. The van der Waals surface area contributed by atoms with Crippen LogP contribution >= 0.6 is 24.8 Å². The molecule has 0 spiro atoms. The van der Waals surface area contributed by atoms with Crippen LogP contribution in [0.25, 0.3) is 0 Å². The van der Waals surface area contributed by atoms with E-state index in [1.807, 2.05) is 0 Å². The van der Waals surface area contributed by atoms with Crippen molar-refractivity contribution in [2.45, 2.75) is 104 Å². The SMILES string of the molecule is C[C](C)=[Zr]([C](C=C[Si](C)(C)C)=CC[Si](C)(C)C)[C](C=C[Si](C)(C)C)=CC[Si](C)(C)C.Cl.Cl. The molecule has 0 rings (SSSR count). The van der Waals surface area contributed by atoms with Crippen LogP contribution in [0.15, 0.2) is 42.3 Å². The van der Waals surface area contributed by atoms with Crippen molar-refractivity contribution in [2.24, 2.45) is 0 Å². The standard InChI is InChI=1S/2C11H23Si2.C3H6.2ClH.Zr/c2*1-12(2,3)10-8-7-9-11-13(4,5)6;1-3-2;;;/h2*8-10H,11H2,1-6H3;1-2H3;2*1H;. The minimum Gasteiger partial charge on any atom is -0.147 e. The molecule has 188 valence electrons. The van der Waals surface area contributed by atoms with Crippen LogP contribution in [0, 0.1) is 0 Å². The number of halogens is 2. The summed E-state index contributed by atoms with van der Waals surface area (Å²) < 4.78 is 5.16. The largest absolute Gasteiger partial charge is 0.147 e. The number of hydrogen-bond donors (Lipinski definition) is 0. The van der Waals surface area contributed by atoms with Gasteiger partial charge in [-0.15, -0.1) is 24.8 Å². The maximum Gasteiger partial charge on any atom is -0.147 e. The van der Waals surface area contributed by atoms with Gasteiger partial charge in [0.15, 0.2) is 0 Å². The van der Waals surface area contributed by atoms with Gasteiger partial charge in [0, 0.05) is 0 Å². The van der Waals surface area contributed by atoms with Crippen LogP contribution < -0.4 is 0 Å². The Balaban J connectivity index is -0.00000420. The van der Waals surface area contributed by atoms with Gasteiger partial charge >= 0.3 is 204 Å². The van der Waals surface area contributed by atoms with E-state index in [2.05, 4.69) is 128 Å². The van der Waals surface area contributed by atoms with E-state index >= 15 is 0 Å². The minimum absolute atomic E-state index is 0.